The van der Waals surface area contributed by atoms with Crippen molar-refractivity contribution in [2.75, 3.05) is 39.0 Å². The van der Waals surface area contributed by atoms with Crippen molar-refractivity contribution >= 4 is 5.69 Å². The van der Waals surface area contributed by atoms with Crippen LogP contribution in [-0.2, 0) is 6.54 Å². The van der Waals surface area contributed by atoms with E-state index in [1.54, 1.807) is 7.11 Å². The molecule has 0 unspecified atom stereocenters. The fourth-order valence-corrected chi connectivity index (χ4v) is 2.25. The van der Waals surface area contributed by atoms with Gasteiger partial charge in [0.25, 0.3) is 0 Å². The Morgan fingerprint density at radius 2 is 2.06 bits per heavy atom. The highest BCUT2D eigenvalue weighted by Gasteiger charge is 2.13. The lowest BCUT2D eigenvalue weighted by Gasteiger charge is -2.28. The number of piperazine rings is 1. The van der Waals surface area contributed by atoms with Crippen LogP contribution in [0.1, 0.15) is 11.1 Å². The van der Waals surface area contributed by atoms with Gasteiger partial charge in [-0.1, -0.05) is 6.07 Å². The predicted octanol–water partition coefficient (Wildman–Crippen LogP) is 0.991. The van der Waals surface area contributed by atoms with Gasteiger partial charge >= 0.3 is 0 Å². The third-order valence-corrected chi connectivity index (χ3v) is 3.20. The van der Waals surface area contributed by atoms with Crippen LogP contribution in [0.15, 0.2) is 12.1 Å². The fraction of sp³-hybridized carbons (Fsp3) is 0.538. The Morgan fingerprint density at radius 1 is 1.35 bits per heavy atom. The lowest BCUT2D eigenvalue weighted by Crippen LogP contribution is -2.43. The molecule has 1 fully saturated rings. The van der Waals surface area contributed by atoms with E-state index in [1.165, 1.54) is 11.1 Å². The van der Waals surface area contributed by atoms with Crippen LogP contribution in [0.3, 0.4) is 0 Å². The number of benzene rings is 1. The van der Waals surface area contributed by atoms with Crippen molar-refractivity contribution < 1.29 is 4.74 Å². The fourth-order valence-electron chi connectivity index (χ4n) is 2.25. The Kier molecular flexibility index (Phi) is 3.86. The number of nitrogens with one attached hydrogen (secondary N) is 1. The zero-order chi connectivity index (χ0) is 12.3. The summed E-state index contributed by atoms with van der Waals surface area (Å²) in [6.07, 6.45) is 0. The number of ether oxygens (including phenoxy) is 1. The predicted molar refractivity (Wildman–Crippen MR) is 70.3 cm³/mol. The van der Waals surface area contributed by atoms with Gasteiger partial charge in [-0.3, -0.25) is 4.90 Å². The van der Waals surface area contributed by atoms with Gasteiger partial charge in [0, 0.05) is 32.7 Å². The number of nitrogen functional groups attached to an aromatic ring is 1. The zero-order valence-electron chi connectivity index (χ0n) is 10.6. The molecular weight excluding hydrogens is 214 g/mol. The summed E-state index contributed by atoms with van der Waals surface area (Å²) in [5.41, 5.74) is 9.25. The maximum atomic E-state index is 6.11. The van der Waals surface area contributed by atoms with E-state index in [4.69, 9.17) is 10.5 Å². The van der Waals surface area contributed by atoms with Crippen LogP contribution in [0, 0.1) is 6.92 Å². The van der Waals surface area contributed by atoms with E-state index in [2.05, 4.69) is 23.2 Å². The van der Waals surface area contributed by atoms with Gasteiger partial charge in [-0.15, -0.1) is 0 Å². The highest BCUT2D eigenvalue weighted by molar-refractivity contribution is 5.60. The third-order valence-electron chi connectivity index (χ3n) is 3.20. The molecule has 0 saturated carbocycles. The molecule has 3 N–H and O–H groups in total. The van der Waals surface area contributed by atoms with Crippen molar-refractivity contribution in [3.8, 4) is 5.75 Å². The number of nitrogens with two attached hydrogens (primary N) is 1. The maximum Gasteiger partial charge on any atom is 0.142 e. The van der Waals surface area contributed by atoms with E-state index in [9.17, 15) is 0 Å². The minimum Gasteiger partial charge on any atom is -0.495 e. The second kappa shape index (κ2) is 5.38. The van der Waals surface area contributed by atoms with E-state index < -0.39 is 0 Å². The van der Waals surface area contributed by atoms with Crippen molar-refractivity contribution in [2.45, 2.75) is 13.5 Å². The summed E-state index contributed by atoms with van der Waals surface area (Å²) in [5, 5.41) is 3.35. The molecule has 1 aromatic carbocycles. The zero-order valence-corrected chi connectivity index (χ0v) is 10.6. The van der Waals surface area contributed by atoms with Gasteiger partial charge < -0.3 is 15.8 Å². The number of hydrogen-bond acceptors (Lipinski definition) is 4. The highest BCUT2D eigenvalue weighted by Crippen LogP contribution is 2.28. The summed E-state index contributed by atoms with van der Waals surface area (Å²) in [6, 6.07) is 4.14. The molecule has 0 atom stereocenters. The quantitative estimate of drug-likeness (QED) is 0.767. The minimum absolute atomic E-state index is 0.775. The molecule has 2 rings (SSSR count). The van der Waals surface area contributed by atoms with Crippen molar-refractivity contribution in [3.05, 3.63) is 23.3 Å². The largest absolute Gasteiger partial charge is 0.495 e. The minimum atomic E-state index is 0.775. The number of anilines is 1. The lowest BCUT2D eigenvalue weighted by molar-refractivity contribution is 0.233. The Bertz CT molecular complexity index is 386. The Balaban J connectivity index is 2.16. The smallest absolute Gasteiger partial charge is 0.142 e. The first kappa shape index (κ1) is 12.2. The standard InChI is InChI=1S/C13H21N3O/c1-10-7-11(13(14)12(8-10)17-2)9-16-5-3-15-4-6-16/h7-8,15H,3-6,9,14H2,1-2H3. The first-order chi connectivity index (χ1) is 8.20. The number of rotatable bonds is 3. The molecule has 1 heterocycles. The van der Waals surface area contributed by atoms with Gasteiger partial charge in [-0.05, 0) is 24.1 Å². The monoisotopic (exact) mass is 235 g/mol. The van der Waals surface area contributed by atoms with Gasteiger partial charge in [-0.2, -0.15) is 0 Å². The molecule has 0 bridgehead atoms. The van der Waals surface area contributed by atoms with Crippen LogP contribution in [0.2, 0.25) is 0 Å². The highest BCUT2D eigenvalue weighted by atomic mass is 16.5. The average molecular weight is 235 g/mol. The molecule has 17 heavy (non-hydrogen) atoms. The molecule has 0 amide bonds. The van der Waals surface area contributed by atoms with Crippen molar-refractivity contribution in [2.24, 2.45) is 0 Å². The number of aryl methyl sites for hydroxylation is 1. The number of methoxy groups -OCH3 is 1. The van der Waals surface area contributed by atoms with Gasteiger partial charge in [0.05, 0.1) is 12.8 Å². The van der Waals surface area contributed by atoms with Crippen LogP contribution in [0.25, 0.3) is 0 Å². The first-order valence-electron chi connectivity index (χ1n) is 6.07. The molecule has 1 saturated heterocycles. The van der Waals surface area contributed by atoms with E-state index in [1.807, 2.05) is 6.07 Å². The van der Waals surface area contributed by atoms with E-state index in [-0.39, 0.29) is 0 Å². The second-order valence-electron chi connectivity index (χ2n) is 4.57. The topological polar surface area (TPSA) is 50.5 Å². The molecule has 0 aliphatic carbocycles. The van der Waals surface area contributed by atoms with Crippen molar-refractivity contribution in [1.82, 2.24) is 10.2 Å². The molecule has 0 spiro atoms. The van der Waals surface area contributed by atoms with E-state index >= 15 is 0 Å². The number of nitrogens with zero attached hydrogens (tertiary/aromatic N) is 1. The summed E-state index contributed by atoms with van der Waals surface area (Å²) in [6.45, 7) is 7.26. The van der Waals surface area contributed by atoms with Crippen molar-refractivity contribution in [1.29, 1.82) is 0 Å². The molecule has 0 radical (unpaired) electrons. The Morgan fingerprint density at radius 3 is 2.71 bits per heavy atom. The van der Waals surface area contributed by atoms with Crippen LogP contribution in [0.5, 0.6) is 5.75 Å². The van der Waals surface area contributed by atoms with Crippen molar-refractivity contribution in [3.63, 3.8) is 0 Å². The molecular formula is C13H21N3O. The van der Waals surface area contributed by atoms with Gasteiger partial charge in [-0.25, -0.2) is 0 Å². The normalized spacial score (nSPS) is 17.1. The van der Waals surface area contributed by atoms with Crippen LogP contribution >= 0.6 is 0 Å². The molecule has 4 nitrogen and oxygen atoms in total. The van der Waals surface area contributed by atoms with Crippen LogP contribution in [0.4, 0.5) is 5.69 Å². The van der Waals surface area contributed by atoms with Gasteiger partial charge in [0.1, 0.15) is 5.75 Å². The Labute approximate surface area is 103 Å². The summed E-state index contributed by atoms with van der Waals surface area (Å²) in [4.78, 5) is 2.42. The average Bonchev–Trinajstić information content (AvgIpc) is 2.34. The molecule has 0 aromatic heterocycles. The molecule has 4 heteroatoms. The number of hydrogen-bond donors (Lipinski definition) is 2. The SMILES string of the molecule is COc1cc(C)cc(CN2CCNCC2)c1N. The van der Waals surface area contributed by atoms with Crippen LogP contribution in [-0.4, -0.2) is 38.2 Å². The van der Waals surface area contributed by atoms with Crippen LogP contribution < -0.4 is 15.8 Å². The first-order valence-corrected chi connectivity index (χ1v) is 6.07. The summed E-state index contributed by atoms with van der Waals surface area (Å²) < 4.78 is 5.30. The lowest BCUT2D eigenvalue weighted by atomic mass is 10.1. The summed E-state index contributed by atoms with van der Waals surface area (Å²) in [7, 11) is 1.67. The second-order valence-corrected chi connectivity index (χ2v) is 4.57. The molecule has 1 aromatic rings. The summed E-state index contributed by atoms with van der Waals surface area (Å²) >= 11 is 0. The van der Waals surface area contributed by atoms with E-state index in [0.29, 0.717) is 0 Å². The molecule has 1 aliphatic heterocycles. The summed E-state index contributed by atoms with van der Waals surface area (Å²) in [5.74, 6) is 0.787. The Hall–Kier alpha value is -1.26. The maximum absolute atomic E-state index is 6.11. The molecule has 1 aliphatic rings. The van der Waals surface area contributed by atoms with Gasteiger partial charge in [0.2, 0.25) is 0 Å². The van der Waals surface area contributed by atoms with Gasteiger partial charge in [0.15, 0.2) is 0 Å². The molecule has 94 valence electrons. The third kappa shape index (κ3) is 2.90. The van der Waals surface area contributed by atoms with E-state index in [0.717, 1.165) is 44.2 Å².